The van der Waals surface area contributed by atoms with Crippen LogP contribution < -0.4 is 24.7 Å². The van der Waals surface area contributed by atoms with Crippen molar-refractivity contribution in [1.29, 1.82) is 5.26 Å². The fourth-order valence-electron chi connectivity index (χ4n) is 4.05. The number of hydrogen-bond donors (Lipinski definition) is 1. The van der Waals surface area contributed by atoms with E-state index in [1.807, 2.05) is 24.3 Å². The Morgan fingerprint density at radius 2 is 1.84 bits per heavy atom. The molecule has 0 bridgehead atoms. The van der Waals surface area contributed by atoms with Crippen LogP contribution in [0.15, 0.2) is 90.8 Å². The van der Waals surface area contributed by atoms with Crippen molar-refractivity contribution in [3.63, 3.8) is 0 Å². The van der Waals surface area contributed by atoms with E-state index in [-0.39, 0.29) is 5.88 Å². The zero-order valence-electron chi connectivity index (χ0n) is 21.5. The number of nitrogens with two attached hydrogens (primary N) is 1. The molecule has 2 N–H and O–H groups in total. The molecular weight excluding hydrogens is 480 g/mol. The van der Waals surface area contributed by atoms with Crippen LogP contribution in [-0.2, 0) is 0 Å². The summed E-state index contributed by atoms with van der Waals surface area (Å²) in [5.74, 6) is 1.61. The average molecular weight is 511 g/mol. The highest BCUT2D eigenvalue weighted by Gasteiger charge is 2.31. The number of esters is 1. The number of rotatable bonds is 10. The first-order valence-corrected chi connectivity index (χ1v) is 12.4. The summed E-state index contributed by atoms with van der Waals surface area (Å²) in [6.07, 6.45) is 2.58. The molecule has 1 heterocycles. The maximum absolute atomic E-state index is 12.7. The predicted molar refractivity (Wildman–Crippen MR) is 144 cm³/mol. The maximum atomic E-state index is 12.7. The Kier molecular flexibility index (Phi) is 8.34. The number of nitrogens with zero attached hydrogens (tertiary/aromatic N) is 1. The van der Waals surface area contributed by atoms with Crippen LogP contribution in [0.2, 0.25) is 0 Å². The first-order valence-electron chi connectivity index (χ1n) is 12.4. The fraction of sp³-hybridized carbons (Fsp3) is 0.226. The Hall–Kier alpha value is -4.70. The summed E-state index contributed by atoms with van der Waals surface area (Å²) in [4.78, 5) is 12.7. The monoisotopic (exact) mass is 510 g/mol. The van der Waals surface area contributed by atoms with Crippen molar-refractivity contribution in [3.05, 3.63) is 108 Å². The Labute approximate surface area is 222 Å². The van der Waals surface area contributed by atoms with Gasteiger partial charge in [-0.25, -0.2) is 4.79 Å². The van der Waals surface area contributed by atoms with E-state index in [2.05, 4.69) is 26.5 Å². The van der Waals surface area contributed by atoms with Crippen LogP contribution in [0.1, 0.15) is 47.7 Å². The third-order valence-corrected chi connectivity index (χ3v) is 6.01. The van der Waals surface area contributed by atoms with Crippen LogP contribution in [0.5, 0.6) is 23.0 Å². The minimum absolute atomic E-state index is 0.00900. The molecule has 0 saturated carbocycles. The average Bonchev–Trinajstić information content (AvgIpc) is 2.91. The van der Waals surface area contributed by atoms with Gasteiger partial charge in [-0.3, -0.25) is 0 Å². The maximum Gasteiger partial charge on any atom is 0.343 e. The number of ether oxygens (including phenoxy) is 4. The van der Waals surface area contributed by atoms with Gasteiger partial charge in [0.1, 0.15) is 41.2 Å². The summed E-state index contributed by atoms with van der Waals surface area (Å²) in [5, 5.41) is 9.88. The van der Waals surface area contributed by atoms with Gasteiger partial charge < -0.3 is 24.7 Å². The smallest absolute Gasteiger partial charge is 0.343 e. The molecule has 0 amide bonds. The molecule has 0 aromatic heterocycles. The van der Waals surface area contributed by atoms with Gasteiger partial charge in [-0.15, -0.1) is 0 Å². The van der Waals surface area contributed by atoms with E-state index in [1.54, 1.807) is 48.5 Å². The molecule has 1 atom stereocenters. The third kappa shape index (κ3) is 6.16. The molecule has 194 valence electrons. The van der Waals surface area contributed by atoms with E-state index in [0.717, 1.165) is 23.3 Å². The molecule has 0 radical (unpaired) electrons. The number of benzene rings is 3. The second-order valence-electron chi connectivity index (χ2n) is 9.24. The van der Waals surface area contributed by atoms with Crippen molar-refractivity contribution in [3.8, 4) is 29.1 Å². The van der Waals surface area contributed by atoms with Crippen LogP contribution in [0.4, 0.5) is 0 Å². The Bertz CT molecular complexity index is 1390. The molecule has 7 nitrogen and oxygen atoms in total. The van der Waals surface area contributed by atoms with Crippen LogP contribution in [-0.4, -0.2) is 19.2 Å². The lowest BCUT2D eigenvalue weighted by molar-refractivity contribution is 0.0734. The summed E-state index contributed by atoms with van der Waals surface area (Å²) < 4.78 is 22.7. The number of nitriles is 1. The van der Waals surface area contributed by atoms with Crippen molar-refractivity contribution in [1.82, 2.24) is 0 Å². The SMILES string of the molecule is C=CCOc1ccc(C(=O)Oc2ccc3c(c2)OC(N)=C(C#N)C3c2cccc(OCCC(C)C)c2)cc1. The van der Waals surface area contributed by atoms with Crippen molar-refractivity contribution in [2.24, 2.45) is 11.7 Å². The van der Waals surface area contributed by atoms with Crippen molar-refractivity contribution in [2.75, 3.05) is 13.2 Å². The van der Waals surface area contributed by atoms with E-state index in [9.17, 15) is 10.1 Å². The highest BCUT2D eigenvalue weighted by molar-refractivity contribution is 5.91. The second kappa shape index (κ2) is 12.0. The summed E-state index contributed by atoms with van der Waals surface area (Å²) in [5.41, 5.74) is 8.41. The topological polar surface area (TPSA) is 104 Å². The van der Waals surface area contributed by atoms with Gasteiger partial charge in [-0.1, -0.05) is 44.7 Å². The summed E-state index contributed by atoms with van der Waals surface area (Å²) >= 11 is 0. The first-order chi connectivity index (χ1) is 18.4. The van der Waals surface area contributed by atoms with E-state index in [4.69, 9.17) is 24.7 Å². The first kappa shape index (κ1) is 26.4. The lowest BCUT2D eigenvalue weighted by Gasteiger charge is -2.27. The van der Waals surface area contributed by atoms with Crippen molar-refractivity contribution < 1.29 is 23.7 Å². The molecule has 4 rings (SSSR count). The van der Waals surface area contributed by atoms with Gasteiger partial charge >= 0.3 is 5.97 Å². The molecule has 38 heavy (non-hydrogen) atoms. The highest BCUT2D eigenvalue weighted by atomic mass is 16.5. The van der Waals surface area contributed by atoms with Crippen LogP contribution in [0, 0.1) is 17.2 Å². The molecular formula is C31H30N2O5. The normalized spacial score (nSPS) is 14.2. The molecule has 1 aliphatic heterocycles. The molecule has 3 aromatic carbocycles. The molecule has 3 aromatic rings. The Balaban J connectivity index is 1.56. The number of allylic oxidation sites excluding steroid dienone is 1. The summed E-state index contributed by atoms with van der Waals surface area (Å²) in [6, 6.07) is 21.5. The predicted octanol–water partition coefficient (Wildman–Crippen LogP) is 6.11. The largest absolute Gasteiger partial charge is 0.494 e. The number of fused-ring (bicyclic) bond motifs is 1. The Morgan fingerprint density at radius 3 is 2.55 bits per heavy atom. The summed E-state index contributed by atoms with van der Waals surface area (Å²) in [7, 11) is 0. The standard InChI is InChI=1S/C31H30N2O5/c1-4-15-35-23-10-8-21(9-11-23)31(34)37-25-12-13-26-28(18-25)38-30(33)27(19-32)29(26)22-6-5-7-24(17-22)36-16-14-20(2)3/h4-13,17-18,20,29H,1,14-16,33H2,2-3H3. The van der Waals surface area contributed by atoms with Gasteiger partial charge in [0.15, 0.2) is 0 Å². The van der Waals surface area contributed by atoms with Crippen molar-refractivity contribution in [2.45, 2.75) is 26.2 Å². The van der Waals surface area contributed by atoms with E-state index >= 15 is 0 Å². The Morgan fingerprint density at radius 1 is 1.08 bits per heavy atom. The minimum Gasteiger partial charge on any atom is -0.494 e. The molecule has 0 spiro atoms. The zero-order chi connectivity index (χ0) is 27.1. The number of hydrogen-bond acceptors (Lipinski definition) is 7. The zero-order valence-corrected chi connectivity index (χ0v) is 21.5. The third-order valence-electron chi connectivity index (χ3n) is 6.01. The van der Waals surface area contributed by atoms with Gasteiger partial charge in [0, 0.05) is 11.6 Å². The van der Waals surface area contributed by atoms with Gasteiger partial charge in [0.05, 0.1) is 18.1 Å². The van der Waals surface area contributed by atoms with E-state index in [0.29, 0.717) is 47.5 Å². The van der Waals surface area contributed by atoms with Gasteiger partial charge in [0.25, 0.3) is 0 Å². The molecule has 0 saturated heterocycles. The van der Waals surface area contributed by atoms with E-state index in [1.165, 1.54) is 0 Å². The highest BCUT2D eigenvalue weighted by Crippen LogP contribution is 2.44. The lowest BCUT2D eigenvalue weighted by atomic mass is 9.83. The molecule has 1 aliphatic rings. The fourth-order valence-corrected chi connectivity index (χ4v) is 4.05. The summed E-state index contributed by atoms with van der Waals surface area (Å²) in [6.45, 7) is 8.89. The second-order valence-corrected chi connectivity index (χ2v) is 9.24. The quantitative estimate of drug-likeness (QED) is 0.199. The lowest BCUT2D eigenvalue weighted by Crippen LogP contribution is -2.21. The van der Waals surface area contributed by atoms with E-state index < -0.39 is 11.9 Å². The van der Waals surface area contributed by atoms with Gasteiger partial charge in [-0.2, -0.15) is 5.26 Å². The molecule has 0 aliphatic carbocycles. The minimum atomic E-state index is -0.528. The van der Waals surface area contributed by atoms with Crippen LogP contribution in [0.25, 0.3) is 0 Å². The number of carbonyl (C=O) groups is 1. The van der Waals surface area contributed by atoms with Gasteiger partial charge in [-0.05, 0) is 60.4 Å². The number of carbonyl (C=O) groups excluding carboxylic acids is 1. The van der Waals surface area contributed by atoms with Crippen molar-refractivity contribution >= 4 is 5.97 Å². The molecule has 7 heteroatoms. The molecule has 0 fully saturated rings. The van der Waals surface area contributed by atoms with Gasteiger partial charge in [0.2, 0.25) is 5.88 Å². The van der Waals surface area contributed by atoms with Crippen LogP contribution >= 0.6 is 0 Å². The van der Waals surface area contributed by atoms with Crippen LogP contribution in [0.3, 0.4) is 0 Å². The molecule has 1 unspecified atom stereocenters.